The van der Waals surface area contributed by atoms with E-state index in [4.69, 9.17) is 14.5 Å². The average molecular weight is 487 g/mol. The number of hydrogen-bond donors (Lipinski definition) is 1. The minimum absolute atomic E-state index is 0. The van der Waals surface area contributed by atoms with Crippen LogP contribution in [0.3, 0.4) is 0 Å². The number of rotatable bonds is 7. The van der Waals surface area contributed by atoms with Gasteiger partial charge in [0, 0.05) is 38.2 Å². The molecule has 1 aliphatic heterocycles. The zero-order valence-corrected chi connectivity index (χ0v) is 19.0. The topological polar surface area (TPSA) is 46.1 Å². The molecule has 2 aliphatic rings. The number of benzene rings is 1. The molecule has 1 atom stereocenters. The monoisotopic (exact) mass is 487 g/mol. The Bertz CT molecular complexity index is 591. The van der Waals surface area contributed by atoms with Gasteiger partial charge in [-0.25, -0.2) is 4.99 Å². The minimum atomic E-state index is 0. The van der Waals surface area contributed by atoms with E-state index in [2.05, 4.69) is 41.4 Å². The molecule has 0 amide bonds. The summed E-state index contributed by atoms with van der Waals surface area (Å²) in [7, 11) is 1.78. The van der Waals surface area contributed by atoms with Gasteiger partial charge in [0.05, 0.1) is 19.3 Å². The summed E-state index contributed by atoms with van der Waals surface area (Å²) >= 11 is 0. The third-order valence-electron chi connectivity index (χ3n) is 5.29. The summed E-state index contributed by atoms with van der Waals surface area (Å²) in [5.41, 5.74) is 1.17. The van der Waals surface area contributed by atoms with Crippen molar-refractivity contribution in [2.45, 2.75) is 51.7 Å². The van der Waals surface area contributed by atoms with E-state index < -0.39 is 0 Å². The molecule has 27 heavy (non-hydrogen) atoms. The van der Waals surface area contributed by atoms with Gasteiger partial charge in [0.15, 0.2) is 5.96 Å². The van der Waals surface area contributed by atoms with Crippen LogP contribution in [-0.2, 0) is 11.3 Å². The Morgan fingerprint density at radius 1 is 1.22 bits per heavy atom. The number of ether oxygens (including phenoxy) is 2. The van der Waals surface area contributed by atoms with Crippen molar-refractivity contribution in [3.05, 3.63) is 29.8 Å². The fourth-order valence-corrected chi connectivity index (χ4v) is 3.92. The fourth-order valence-electron chi connectivity index (χ4n) is 3.92. The molecule has 5 nitrogen and oxygen atoms in total. The number of para-hydroxylation sites is 1. The number of likely N-dealkylation sites (tertiary alicyclic amines) is 1. The van der Waals surface area contributed by atoms with Crippen molar-refractivity contribution in [2.75, 3.05) is 33.4 Å². The minimum Gasteiger partial charge on any atom is -0.490 e. The predicted molar refractivity (Wildman–Crippen MR) is 121 cm³/mol. The molecule has 1 aliphatic carbocycles. The Morgan fingerprint density at radius 3 is 2.74 bits per heavy atom. The average Bonchev–Trinajstić information content (AvgIpc) is 3.32. The number of hydrogen-bond acceptors (Lipinski definition) is 3. The van der Waals surface area contributed by atoms with E-state index in [1.165, 1.54) is 37.7 Å². The molecular weight excluding hydrogens is 453 g/mol. The number of nitrogens with zero attached hydrogens (tertiary/aromatic N) is 2. The third-order valence-corrected chi connectivity index (χ3v) is 5.29. The Hall–Kier alpha value is -1.02. The van der Waals surface area contributed by atoms with Crippen LogP contribution in [0.2, 0.25) is 0 Å². The molecule has 0 radical (unpaired) electrons. The molecule has 2 fully saturated rings. The quantitative estimate of drug-likeness (QED) is 0.358. The van der Waals surface area contributed by atoms with Crippen LogP contribution in [0.15, 0.2) is 29.3 Å². The lowest BCUT2D eigenvalue weighted by molar-refractivity contribution is 0.157. The molecule has 0 spiro atoms. The van der Waals surface area contributed by atoms with Gasteiger partial charge in [0.1, 0.15) is 5.75 Å². The van der Waals surface area contributed by atoms with Crippen molar-refractivity contribution >= 4 is 29.9 Å². The summed E-state index contributed by atoms with van der Waals surface area (Å²) < 4.78 is 11.6. The summed E-state index contributed by atoms with van der Waals surface area (Å²) in [5.74, 6) is 2.60. The van der Waals surface area contributed by atoms with Crippen molar-refractivity contribution in [2.24, 2.45) is 10.9 Å². The zero-order valence-electron chi connectivity index (χ0n) is 16.7. The lowest BCUT2D eigenvalue weighted by Crippen LogP contribution is -2.40. The van der Waals surface area contributed by atoms with E-state index in [1.54, 1.807) is 7.11 Å². The summed E-state index contributed by atoms with van der Waals surface area (Å²) in [6, 6.07) is 8.35. The van der Waals surface area contributed by atoms with E-state index >= 15 is 0 Å². The Morgan fingerprint density at radius 2 is 2.00 bits per heavy atom. The standard InChI is InChI=1S/C21H33N3O2.HI/c1-3-22-21(24-13-12-17(15-24)16-25-2)23-14-18-8-4-7-11-20(18)26-19-9-5-6-10-19;/h4,7-8,11,17,19H,3,5-6,9-10,12-16H2,1-2H3,(H,22,23);1H. The van der Waals surface area contributed by atoms with Gasteiger partial charge in [0.2, 0.25) is 0 Å². The van der Waals surface area contributed by atoms with Gasteiger partial charge in [-0.3, -0.25) is 0 Å². The first-order valence-corrected chi connectivity index (χ1v) is 10.1. The van der Waals surface area contributed by atoms with Gasteiger partial charge in [-0.1, -0.05) is 18.2 Å². The number of nitrogens with one attached hydrogen (secondary N) is 1. The first-order chi connectivity index (χ1) is 12.8. The van der Waals surface area contributed by atoms with Gasteiger partial charge in [0.25, 0.3) is 0 Å². The number of guanidine groups is 1. The molecule has 1 aromatic rings. The lowest BCUT2D eigenvalue weighted by atomic mass is 10.1. The molecule has 1 saturated carbocycles. The van der Waals surface area contributed by atoms with Crippen LogP contribution in [0.25, 0.3) is 0 Å². The first-order valence-electron chi connectivity index (χ1n) is 10.1. The molecule has 1 aromatic carbocycles. The molecule has 3 rings (SSSR count). The Labute approximate surface area is 180 Å². The van der Waals surface area contributed by atoms with Gasteiger partial charge in [-0.05, 0) is 45.1 Å². The van der Waals surface area contributed by atoms with E-state index in [9.17, 15) is 0 Å². The molecule has 0 bridgehead atoms. The maximum Gasteiger partial charge on any atom is 0.194 e. The highest BCUT2D eigenvalue weighted by atomic mass is 127. The van der Waals surface area contributed by atoms with Crippen molar-refractivity contribution in [3.8, 4) is 5.75 Å². The highest BCUT2D eigenvalue weighted by molar-refractivity contribution is 14.0. The maximum atomic E-state index is 6.25. The van der Waals surface area contributed by atoms with Crippen molar-refractivity contribution in [1.29, 1.82) is 0 Å². The first kappa shape index (κ1) is 22.3. The van der Waals surface area contributed by atoms with E-state index in [-0.39, 0.29) is 24.0 Å². The highest BCUT2D eigenvalue weighted by Crippen LogP contribution is 2.27. The summed E-state index contributed by atoms with van der Waals surface area (Å²) in [6.45, 7) is 6.53. The molecule has 1 unspecified atom stereocenters. The van der Waals surface area contributed by atoms with Crippen LogP contribution in [0, 0.1) is 5.92 Å². The van der Waals surface area contributed by atoms with E-state index in [0.717, 1.165) is 38.0 Å². The zero-order chi connectivity index (χ0) is 18.2. The van der Waals surface area contributed by atoms with Crippen LogP contribution >= 0.6 is 24.0 Å². The third kappa shape index (κ3) is 6.52. The smallest absolute Gasteiger partial charge is 0.194 e. The van der Waals surface area contributed by atoms with Gasteiger partial charge in [-0.2, -0.15) is 0 Å². The van der Waals surface area contributed by atoms with Gasteiger partial charge >= 0.3 is 0 Å². The van der Waals surface area contributed by atoms with Crippen molar-refractivity contribution in [3.63, 3.8) is 0 Å². The van der Waals surface area contributed by atoms with Crippen LogP contribution in [0.5, 0.6) is 5.75 Å². The Kier molecular flexibility index (Phi) is 9.68. The Balaban J connectivity index is 0.00000261. The van der Waals surface area contributed by atoms with Gasteiger partial charge in [-0.15, -0.1) is 24.0 Å². The fraction of sp³-hybridized carbons (Fsp3) is 0.667. The molecule has 152 valence electrons. The van der Waals surface area contributed by atoms with E-state index in [0.29, 0.717) is 18.6 Å². The molecule has 1 saturated heterocycles. The number of halogens is 1. The largest absolute Gasteiger partial charge is 0.490 e. The van der Waals surface area contributed by atoms with Gasteiger partial charge < -0.3 is 19.7 Å². The van der Waals surface area contributed by atoms with Crippen LogP contribution in [0.1, 0.15) is 44.6 Å². The molecular formula is C21H34IN3O2. The summed E-state index contributed by atoms with van der Waals surface area (Å²) in [4.78, 5) is 7.26. The van der Waals surface area contributed by atoms with Crippen molar-refractivity contribution < 1.29 is 9.47 Å². The molecule has 1 heterocycles. The van der Waals surface area contributed by atoms with Crippen LogP contribution in [-0.4, -0.2) is 50.3 Å². The summed E-state index contributed by atoms with van der Waals surface area (Å²) in [5, 5.41) is 3.44. The second-order valence-electron chi connectivity index (χ2n) is 7.36. The normalized spacial score (nSPS) is 20.6. The molecule has 6 heteroatoms. The van der Waals surface area contributed by atoms with E-state index in [1.807, 2.05) is 0 Å². The second-order valence-corrected chi connectivity index (χ2v) is 7.36. The highest BCUT2D eigenvalue weighted by Gasteiger charge is 2.24. The van der Waals surface area contributed by atoms with Crippen LogP contribution in [0.4, 0.5) is 0 Å². The molecule has 1 N–H and O–H groups in total. The molecule has 0 aromatic heterocycles. The maximum absolute atomic E-state index is 6.25. The number of aliphatic imine (C=N–C) groups is 1. The number of methoxy groups -OCH3 is 1. The van der Waals surface area contributed by atoms with Crippen molar-refractivity contribution in [1.82, 2.24) is 10.2 Å². The van der Waals surface area contributed by atoms with Crippen LogP contribution < -0.4 is 10.1 Å². The SMILES string of the molecule is CCNC(=NCc1ccccc1OC1CCCC1)N1CCC(COC)C1.I. The second kappa shape index (κ2) is 11.7. The predicted octanol–water partition coefficient (Wildman–Crippen LogP) is 4.06. The summed E-state index contributed by atoms with van der Waals surface area (Å²) in [6.07, 6.45) is 6.46. The lowest BCUT2D eigenvalue weighted by Gasteiger charge is -2.22.